The Hall–Kier alpha value is -2.72. The molecule has 2 aromatic carbocycles. The standard InChI is InChI=1S/C20H15ClO4/c1-11(22)10-15(12-6-4-5-9-16(12)21)17-18(23)13-7-2-3-8-14(13)19(24)20(17)25/h2-9,15,23H,10H2,1H3/t15-/m1/s1. The van der Waals surface area contributed by atoms with Crippen molar-refractivity contribution in [1.82, 2.24) is 0 Å². The van der Waals surface area contributed by atoms with Crippen LogP contribution in [0.4, 0.5) is 0 Å². The predicted molar refractivity (Wildman–Crippen MR) is 94.8 cm³/mol. The van der Waals surface area contributed by atoms with Crippen LogP contribution in [0.2, 0.25) is 5.02 Å². The van der Waals surface area contributed by atoms with Gasteiger partial charge in [-0.05, 0) is 18.6 Å². The molecule has 5 heteroatoms. The molecular weight excluding hydrogens is 340 g/mol. The monoisotopic (exact) mass is 354 g/mol. The van der Waals surface area contributed by atoms with Crippen molar-refractivity contribution in [2.45, 2.75) is 19.3 Å². The van der Waals surface area contributed by atoms with E-state index in [4.69, 9.17) is 11.6 Å². The Balaban J connectivity index is 2.25. The number of aliphatic hydroxyl groups is 1. The number of Topliss-reactive ketones (excluding diaryl/α,β-unsaturated/α-hetero) is 3. The molecule has 0 saturated heterocycles. The zero-order chi connectivity index (χ0) is 18.1. The van der Waals surface area contributed by atoms with Gasteiger partial charge in [0.2, 0.25) is 11.6 Å². The molecule has 126 valence electrons. The van der Waals surface area contributed by atoms with Crippen LogP contribution in [0.15, 0.2) is 54.1 Å². The SMILES string of the molecule is CC(=O)C[C@@H](C1=C(O)c2ccccc2C(=O)C1=O)c1ccccc1Cl. The summed E-state index contributed by atoms with van der Waals surface area (Å²) in [6.07, 6.45) is -0.0374. The van der Waals surface area contributed by atoms with Gasteiger partial charge in [0.1, 0.15) is 11.5 Å². The Morgan fingerprint density at radius 2 is 1.60 bits per heavy atom. The van der Waals surface area contributed by atoms with Crippen LogP contribution in [-0.4, -0.2) is 22.5 Å². The number of fused-ring (bicyclic) bond motifs is 1. The minimum Gasteiger partial charge on any atom is -0.507 e. The predicted octanol–water partition coefficient (Wildman–Crippen LogP) is 4.14. The van der Waals surface area contributed by atoms with E-state index in [9.17, 15) is 19.5 Å². The van der Waals surface area contributed by atoms with Crippen LogP contribution in [0, 0.1) is 0 Å². The van der Waals surface area contributed by atoms with Crippen molar-refractivity contribution in [2.75, 3.05) is 0 Å². The van der Waals surface area contributed by atoms with E-state index in [-0.39, 0.29) is 29.1 Å². The van der Waals surface area contributed by atoms with Crippen molar-refractivity contribution in [1.29, 1.82) is 0 Å². The third-order valence-corrected chi connectivity index (χ3v) is 4.60. The maximum atomic E-state index is 12.7. The van der Waals surface area contributed by atoms with Crippen molar-refractivity contribution in [3.63, 3.8) is 0 Å². The van der Waals surface area contributed by atoms with Crippen molar-refractivity contribution >= 4 is 34.7 Å². The second-order valence-electron chi connectivity index (χ2n) is 5.95. The van der Waals surface area contributed by atoms with Gasteiger partial charge in [0.05, 0.1) is 5.57 Å². The summed E-state index contributed by atoms with van der Waals surface area (Å²) in [5.74, 6) is -2.72. The van der Waals surface area contributed by atoms with E-state index >= 15 is 0 Å². The second kappa shape index (κ2) is 6.65. The van der Waals surface area contributed by atoms with E-state index in [2.05, 4.69) is 0 Å². The maximum Gasteiger partial charge on any atom is 0.234 e. The average Bonchev–Trinajstić information content (AvgIpc) is 2.59. The van der Waals surface area contributed by atoms with Crippen LogP contribution in [0.1, 0.15) is 40.7 Å². The Labute approximate surface area is 149 Å². The van der Waals surface area contributed by atoms with Crippen molar-refractivity contribution < 1.29 is 19.5 Å². The van der Waals surface area contributed by atoms with Gasteiger partial charge in [-0.15, -0.1) is 0 Å². The van der Waals surface area contributed by atoms with Gasteiger partial charge in [-0.1, -0.05) is 54.1 Å². The number of allylic oxidation sites excluding steroid dienone is 1. The molecule has 0 heterocycles. The Morgan fingerprint density at radius 1 is 1.00 bits per heavy atom. The molecule has 0 aliphatic heterocycles. The summed E-state index contributed by atoms with van der Waals surface area (Å²) in [5, 5.41) is 11.1. The van der Waals surface area contributed by atoms with Crippen molar-refractivity contribution in [2.24, 2.45) is 0 Å². The number of halogens is 1. The molecule has 0 radical (unpaired) electrons. The topological polar surface area (TPSA) is 71.4 Å². The third-order valence-electron chi connectivity index (χ3n) is 4.25. The number of hydrogen-bond acceptors (Lipinski definition) is 4. The van der Waals surface area contributed by atoms with Crippen LogP contribution >= 0.6 is 11.6 Å². The van der Waals surface area contributed by atoms with E-state index in [1.807, 2.05) is 0 Å². The van der Waals surface area contributed by atoms with E-state index < -0.39 is 17.5 Å². The summed E-state index contributed by atoms with van der Waals surface area (Å²) in [6, 6.07) is 13.2. The summed E-state index contributed by atoms with van der Waals surface area (Å²) < 4.78 is 0. The summed E-state index contributed by atoms with van der Waals surface area (Å²) in [6.45, 7) is 1.39. The summed E-state index contributed by atoms with van der Waals surface area (Å²) >= 11 is 6.24. The number of benzene rings is 2. The highest BCUT2D eigenvalue weighted by Crippen LogP contribution is 2.40. The van der Waals surface area contributed by atoms with Crippen LogP contribution in [0.5, 0.6) is 0 Å². The Morgan fingerprint density at radius 3 is 2.24 bits per heavy atom. The zero-order valence-electron chi connectivity index (χ0n) is 13.5. The fourth-order valence-electron chi connectivity index (χ4n) is 3.12. The molecule has 0 fully saturated rings. The van der Waals surface area contributed by atoms with Crippen molar-refractivity contribution in [3.8, 4) is 0 Å². The lowest BCUT2D eigenvalue weighted by atomic mass is 9.77. The largest absolute Gasteiger partial charge is 0.507 e. The highest BCUT2D eigenvalue weighted by molar-refractivity contribution is 6.52. The molecule has 1 aliphatic carbocycles. The fraction of sp³-hybridized carbons (Fsp3) is 0.150. The molecule has 0 amide bonds. The minimum atomic E-state index is -0.803. The van der Waals surface area contributed by atoms with Gasteiger partial charge in [0.25, 0.3) is 0 Å². The molecule has 0 aromatic heterocycles. The number of carbonyl (C=O) groups is 3. The molecule has 0 bridgehead atoms. The molecule has 1 atom stereocenters. The average molecular weight is 355 g/mol. The first-order chi connectivity index (χ1) is 11.9. The van der Waals surface area contributed by atoms with Crippen LogP contribution in [0.3, 0.4) is 0 Å². The number of carbonyl (C=O) groups excluding carboxylic acids is 3. The van der Waals surface area contributed by atoms with E-state index in [0.29, 0.717) is 16.1 Å². The number of aliphatic hydroxyl groups excluding tert-OH is 1. The molecule has 0 spiro atoms. The zero-order valence-corrected chi connectivity index (χ0v) is 14.2. The lowest BCUT2D eigenvalue weighted by molar-refractivity contribution is -0.117. The van der Waals surface area contributed by atoms with Gasteiger partial charge in [0, 0.05) is 28.5 Å². The van der Waals surface area contributed by atoms with Crippen LogP contribution < -0.4 is 0 Å². The molecule has 1 N–H and O–H groups in total. The van der Waals surface area contributed by atoms with Gasteiger partial charge in [0.15, 0.2) is 0 Å². The molecule has 3 rings (SSSR count). The van der Waals surface area contributed by atoms with Gasteiger partial charge < -0.3 is 5.11 Å². The van der Waals surface area contributed by atoms with Gasteiger partial charge in [-0.2, -0.15) is 0 Å². The smallest absolute Gasteiger partial charge is 0.234 e. The van der Waals surface area contributed by atoms with E-state index in [1.54, 1.807) is 42.5 Å². The Kier molecular flexibility index (Phi) is 4.55. The summed E-state index contributed by atoms with van der Waals surface area (Å²) in [7, 11) is 0. The quantitative estimate of drug-likeness (QED) is 0.838. The van der Waals surface area contributed by atoms with E-state index in [0.717, 1.165) is 0 Å². The van der Waals surface area contributed by atoms with E-state index in [1.165, 1.54) is 13.0 Å². The normalized spacial score (nSPS) is 15.1. The van der Waals surface area contributed by atoms with Crippen LogP contribution in [-0.2, 0) is 9.59 Å². The highest BCUT2D eigenvalue weighted by Gasteiger charge is 2.38. The first-order valence-electron chi connectivity index (χ1n) is 7.77. The molecule has 0 saturated carbocycles. The highest BCUT2D eigenvalue weighted by atomic mass is 35.5. The lowest BCUT2D eigenvalue weighted by Gasteiger charge is -2.25. The lowest BCUT2D eigenvalue weighted by Crippen LogP contribution is -2.28. The first kappa shape index (κ1) is 17.1. The van der Waals surface area contributed by atoms with Gasteiger partial charge in [-0.25, -0.2) is 0 Å². The minimum absolute atomic E-state index is 0.0374. The molecule has 2 aromatic rings. The summed E-state index contributed by atoms with van der Waals surface area (Å²) in [4.78, 5) is 36.9. The molecule has 25 heavy (non-hydrogen) atoms. The van der Waals surface area contributed by atoms with Gasteiger partial charge >= 0.3 is 0 Å². The third kappa shape index (κ3) is 3.01. The number of rotatable bonds is 4. The molecular formula is C20H15ClO4. The molecule has 1 aliphatic rings. The fourth-order valence-corrected chi connectivity index (χ4v) is 3.39. The number of hydrogen-bond donors (Lipinski definition) is 1. The number of ketones is 3. The first-order valence-corrected chi connectivity index (χ1v) is 8.15. The summed E-state index contributed by atoms with van der Waals surface area (Å²) in [5.41, 5.74) is 0.908. The molecule has 0 unspecified atom stereocenters. The molecule has 4 nitrogen and oxygen atoms in total. The second-order valence-corrected chi connectivity index (χ2v) is 6.35. The maximum absolute atomic E-state index is 12.7. The van der Waals surface area contributed by atoms with Gasteiger partial charge in [-0.3, -0.25) is 14.4 Å². The Bertz CT molecular complexity index is 927. The van der Waals surface area contributed by atoms with Crippen molar-refractivity contribution in [3.05, 3.63) is 75.8 Å². The van der Waals surface area contributed by atoms with Crippen LogP contribution in [0.25, 0.3) is 5.76 Å².